The van der Waals surface area contributed by atoms with Crippen LogP contribution >= 0.6 is 0 Å². The topological polar surface area (TPSA) is 84.9 Å². The maximum absolute atomic E-state index is 14.5. The molecular formula is C25H35F5N4O3S. The molecule has 0 saturated heterocycles. The van der Waals surface area contributed by atoms with Gasteiger partial charge in [-0.05, 0) is 56.7 Å². The Bertz CT molecular complexity index is 1150. The molecule has 1 aromatic carbocycles. The third-order valence-corrected chi connectivity index (χ3v) is 6.14. The van der Waals surface area contributed by atoms with Crippen molar-refractivity contribution in [1.82, 2.24) is 14.5 Å². The summed E-state index contributed by atoms with van der Waals surface area (Å²) in [5.41, 5.74) is -0.804. The fourth-order valence-electron chi connectivity index (χ4n) is 3.46. The molecule has 7 nitrogen and oxygen atoms in total. The van der Waals surface area contributed by atoms with Gasteiger partial charge in [-0.15, -0.1) is 0 Å². The SMILES string of the molecule is C=C(/C=C(F)\C=C\C(O)N(C)/C(=C(\C)F)N(CC)CCNS(C)(=O)=O)[C@@H](C)Nc1cccc(F)c1C(F)F. The maximum atomic E-state index is 14.5. The van der Waals surface area contributed by atoms with Crippen molar-refractivity contribution in [2.24, 2.45) is 0 Å². The van der Waals surface area contributed by atoms with Crippen LogP contribution in [0.4, 0.5) is 27.6 Å². The van der Waals surface area contributed by atoms with Crippen molar-refractivity contribution in [2.45, 2.75) is 39.5 Å². The van der Waals surface area contributed by atoms with Gasteiger partial charge in [-0.25, -0.2) is 35.1 Å². The van der Waals surface area contributed by atoms with Crippen LogP contribution in [-0.4, -0.2) is 68.5 Å². The van der Waals surface area contributed by atoms with Crippen LogP contribution in [0.15, 0.2) is 66.1 Å². The van der Waals surface area contributed by atoms with Crippen molar-refractivity contribution in [3.63, 3.8) is 0 Å². The van der Waals surface area contributed by atoms with Gasteiger partial charge in [0.05, 0.1) is 11.8 Å². The summed E-state index contributed by atoms with van der Waals surface area (Å²) >= 11 is 0. The zero-order valence-electron chi connectivity index (χ0n) is 22.0. The molecule has 0 radical (unpaired) electrons. The fraction of sp³-hybridized carbons (Fsp3) is 0.440. The number of alkyl halides is 2. The third kappa shape index (κ3) is 10.5. The van der Waals surface area contributed by atoms with Crippen LogP contribution in [0.2, 0.25) is 0 Å². The number of allylic oxidation sites excluding steroid dienone is 3. The average Bonchev–Trinajstić information content (AvgIpc) is 2.80. The van der Waals surface area contributed by atoms with E-state index in [1.165, 1.54) is 37.9 Å². The van der Waals surface area contributed by atoms with Gasteiger partial charge < -0.3 is 20.2 Å². The standard InChI is InChI=1S/C25H35F5N4O3S/c1-7-34(14-13-31-38(6,36)37)25(17(3)26)33(5)22(35)12-11-19(27)15-16(2)18(4)32-21-10-8-9-20(28)23(21)24(29)30/h8-12,15,18,22,24,31-32,35H,2,7,13-14H2,1,3-6H3/b12-11+,19-15+,25-17-/t18-,22?/m1/s1. The summed E-state index contributed by atoms with van der Waals surface area (Å²) in [6, 6.07) is 2.70. The van der Waals surface area contributed by atoms with Gasteiger partial charge >= 0.3 is 0 Å². The molecule has 0 bridgehead atoms. The Kier molecular flexibility index (Phi) is 13.0. The van der Waals surface area contributed by atoms with Crippen LogP contribution in [-0.2, 0) is 10.0 Å². The number of sulfonamides is 1. The van der Waals surface area contributed by atoms with Gasteiger partial charge in [-0.1, -0.05) is 12.6 Å². The lowest BCUT2D eigenvalue weighted by Crippen LogP contribution is -2.42. The van der Waals surface area contributed by atoms with Crippen molar-refractivity contribution in [2.75, 3.05) is 38.3 Å². The van der Waals surface area contributed by atoms with Gasteiger partial charge in [0.25, 0.3) is 6.43 Å². The fourth-order valence-corrected chi connectivity index (χ4v) is 3.92. The molecule has 1 aromatic rings. The van der Waals surface area contributed by atoms with E-state index in [1.54, 1.807) is 6.92 Å². The van der Waals surface area contributed by atoms with E-state index in [1.807, 2.05) is 0 Å². The van der Waals surface area contributed by atoms with E-state index in [2.05, 4.69) is 16.6 Å². The van der Waals surface area contributed by atoms with E-state index in [-0.39, 0.29) is 30.2 Å². The lowest BCUT2D eigenvalue weighted by molar-refractivity contribution is 0.0574. The molecule has 0 aliphatic carbocycles. The summed E-state index contributed by atoms with van der Waals surface area (Å²) in [6.45, 7) is 8.52. The highest BCUT2D eigenvalue weighted by molar-refractivity contribution is 7.88. The Morgan fingerprint density at radius 2 is 1.89 bits per heavy atom. The molecule has 1 rings (SSSR count). The number of halogens is 5. The van der Waals surface area contributed by atoms with Gasteiger partial charge in [0.15, 0.2) is 0 Å². The minimum atomic E-state index is -3.44. The molecule has 0 heterocycles. The monoisotopic (exact) mass is 566 g/mol. The molecule has 2 atom stereocenters. The number of benzene rings is 1. The number of nitrogens with one attached hydrogen (secondary N) is 2. The first-order chi connectivity index (χ1) is 17.6. The van der Waals surface area contributed by atoms with Gasteiger partial charge in [0.2, 0.25) is 10.0 Å². The van der Waals surface area contributed by atoms with E-state index >= 15 is 0 Å². The van der Waals surface area contributed by atoms with Crippen LogP contribution in [0, 0.1) is 5.82 Å². The second-order valence-electron chi connectivity index (χ2n) is 8.46. The number of rotatable bonds is 15. The molecule has 0 spiro atoms. The van der Waals surface area contributed by atoms with Crippen LogP contribution in [0.25, 0.3) is 0 Å². The molecule has 38 heavy (non-hydrogen) atoms. The molecule has 214 valence electrons. The van der Waals surface area contributed by atoms with E-state index in [4.69, 9.17) is 0 Å². The van der Waals surface area contributed by atoms with Crippen LogP contribution in [0.5, 0.6) is 0 Å². The molecule has 13 heteroatoms. The normalized spacial score (nSPS) is 14.9. The van der Waals surface area contributed by atoms with Gasteiger partial charge in [0, 0.05) is 38.4 Å². The van der Waals surface area contributed by atoms with Crippen molar-refractivity contribution < 1.29 is 35.5 Å². The number of nitrogens with zero attached hydrogens (tertiary/aromatic N) is 2. The maximum Gasteiger partial charge on any atom is 0.268 e. The first-order valence-corrected chi connectivity index (χ1v) is 13.5. The lowest BCUT2D eigenvalue weighted by atomic mass is 10.1. The summed E-state index contributed by atoms with van der Waals surface area (Å²) in [7, 11) is -2.06. The predicted octanol–water partition coefficient (Wildman–Crippen LogP) is 4.81. The molecule has 3 N–H and O–H groups in total. The third-order valence-electron chi connectivity index (χ3n) is 5.42. The number of hydrogen-bond donors (Lipinski definition) is 3. The zero-order valence-corrected chi connectivity index (χ0v) is 22.8. The minimum absolute atomic E-state index is 0.00333. The molecule has 0 amide bonds. The Morgan fingerprint density at radius 3 is 2.42 bits per heavy atom. The molecular weight excluding hydrogens is 531 g/mol. The molecule has 0 aliphatic heterocycles. The summed E-state index contributed by atoms with van der Waals surface area (Å²) in [4.78, 5) is 2.66. The summed E-state index contributed by atoms with van der Waals surface area (Å²) in [5, 5.41) is 13.2. The second-order valence-corrected chi connectivity index (χ2v) is 10.3. The van der Waals surface area contributed by atoms with Crippen LogP contribution < -0.4 is 10.0 Å². The number of aliphatic hydroxyl groups is 1. The van der Waals surface area contributed by atoms with Crippen molar-refractivity contribution in [3.05, 3.63) is 77.4 Å². The summed E-state index contributed by atoms with van der Waals surface area (Å²) < 4.78 is 94.0. The first-order valence-electron chi connectivity index (χ1n) is 11.6. The molecule has 0 aliphatic rings. The zero-order chi connectivity index (χ0) is 29.2. The molecule has 0 aromatic heterocycles. The second kappa shape index (κ2) is 14.9. The van der Waals surface area contributed by atoms with Gasteiger partial charge in [-0.3, -0.25) is 0 Å². The Labute approximate surface area is 221 Å². The quantitative estimate of drug-likeness (QED) is 0.161. The number of hydrogen-bond acceptors (Lipinski definition) is 6. The molecule has 0 saturated carbocycles. The van der Waals surface area contributed by atoms with E-state index in [0.717, 1.165) is 35.5 Å². The first kappa shape index (κ1) is 33.1. The van der Waals surface area contributed by atoms with E-state index in [0.29, 0.717) is 6.54 Å². The lowest BCUT2D eigenvalue weighted by Gasteiger charge is -2.35. The van der Waals surface area contributed by atoms with Crippen molar-refractivity contribution >= 4 is 15.7 Å². The summed E-state index contributed by atoms with van der Waals surface area (Å²) in [6.07, 6.45) is -0.524. The number of aliphatic hydroxyl groups excluding tert-OH is 1. The minimum Gasteiger partial charge on any atom is -0.378 e. The van der Waals surface area contributed by atoms with E-state index < -0.39 is 51.8 Å². The number of anilines is 1. The highest BCUT2D eigenvalue weighted by Gasteiger charge is 2.21. The predicted molar refractivity (Wildman–Crippen MR) is 140 cm³/mol. The molecule has 0 fully saturated rings. The Morgan fingerprint density at radius 1 is 1.26 bits per heavy atom. The van der Waals surface area contributed by atoms with Crippen LogP contribution in [0.1, 0.15) is 32.8 Å². The van der Waals surface area contributed by atoms with Gasteiger partial charge in [-0.2, -0.15) is 0 Å². The Balaban J connectivity index is 2.93. The average molecular weight is 567 g/mol. The van der Waals surface area contributed by atoms with Crippen molar-refractivity contribution in [1.29, 1.82) is 0 Å². The highest BCUT2D eigenvalue weighted by Crippen LogP contribution is 2.30. The van der Waals surface area contributed by atoms with Crippen LogP contribution in [0.3, 0.4) is 0 Å². The largest absolute Gasteiger partial charge is 0.378 e. The Hall–Kier alpha value is -2.90. The van der Waals surface area contributed by atoms with Gasteiger partial charge in [0.1, 0.15) is 29.5 Å². The highest BCUT2D eigenvalue weighted by atomic mass is 32.2. The van der Waals surface area contributed by atoms with Crippen molar-refractivity contribution in [3.8, 4) is 0 Å². The summed E-state index contributed by atoms with van der Waals surface area (Å²) in [5.74, 6) is -2.57. The molecule has 1 unspecified atom stereocenters. The van der Waals surface area contributed by atoms with E-state index in [9.17, 15) is 35.5 Å². The smallest absolute Gasteiger partial charge is 0.268 e. The number of likely N-dealkylation sites (N-methyl/N-ethyl adjacent to an activating group) is 2.